The summed E-state index contributed by atoms with van der Waals surface area (Å²) in [6, 6.07) is -0.947. The van der Waals surface area contributed by atoms with E-state index >= 15 is 0 Å². The topological polar surface area (TPSA) is 49.4 Å². The summed E-state index contributed by atoms with van der Waals surface area (Å²) in [5.41, 5.74) is -1.14. The van der Waals surface area contributed by atoms with Crippen LogP contribution >= 0.6 is 0 Å². The van der Waals surface area contributed by atoms with E-state index in [0.717, 1.165) is 12.8 Å². The quantitative estimate of drug-likeness (QED) is 0.734. The monoisotopic (exact) mass is 236 g/mol. The van der Waals surface area contributed by atoms with Gasteiger partial charge < -0.3 is 5.32 Å². The number of nitrogens with zero attached hydrogens (tertiary/aromatic N) is 1. The third kappa shape index (κ3) is 1.74. The van der Waals surface area contributed by atoms with E-state index in [1.165, 1.54) is 6.92 Å². The van der Waals surface area contributed by atoms with Gasteiger partial charge in [0.15, 0.2) is 0 Å². The number of halogens is 3. The van der Waals surface area contributed by atoms with Gasteiger partial charge in [0, 0.05) is 0 Å². The first-order valence-electron chi connectivity index (χ1n) is 4.95. The van der Waals surface area contributed by atoms with Gasteiger partial charge in [0.1, 0.15) is 12.1 Å². The Labute approximate surface area is 89.8 Å². The number of alkyl halides is 3. The predicted molar refractivity (Wildman–Crippen MR) is 47.4 cm³/mol. The fourth-order valence-corrected chi connectivity index (χ4v) is 1.98. The standard InChI is InChI=1S/C9H11F3N2O2/c1-8(5-2-3-5)6(15)14(7(16)13-8)4-9(10,11)12/h5H,2-4H2,1H3,(H,13,16). The van der Waals surface area contributed by atoms with Crippen molar-refractivity contribution in [1.29, 1.82) is 0 Å². The van der Waals surface area contributed by atoms with E-state index in [0.29, 0.717) is 0 Å². The van der Waals surface area contributed by atoms with Crippen LogP contribution in [0.2, 0.25) is 0 Å². The molecule has 3 amide bonds. The van der Waals surface area contributed by atoms with Crippen molar-refractivity contribution in [2.75, 3.05) is 6.54 Å². The van der Waals surface area contributed by atoms with Crippen molar-refractivity contribution in [2.45, 2.75) is 31.5 Å². The first kappa shape index (κ1) is 11.2. The minimum Gasteiger partial charge on any atom is -0.323 e. The molecular formula is C9H11F3N2O2. The lowest BCUT2D eigenvalue weighted by atomic mass is 9.96. The average Bonchev–Trinajstić information content (AvgIpc) is 2.90. The highest BCUT2D eigenvalue weighted by Crippen LogP contribution is 2.42. The van der Waals surface area contributed by atoms with Crippen LogP contribution in [0.5, 0.6) is 0 Å². The Kier molecular flexibility index (Phi) is 2.18. The van der Waals surface area contributed by atoms with Crippen molar-refractivity contribution < 1.29 is 22.8 Å². The number of rotatable bonds is 2. The molecule has 90 valence electrons. The number of carbonyl (C=O) groups excluding carboxylic acids is 2. The molecule has 1 N–H and O–H groups in total. The zero-order valence-electron chi connectivity index (χ0n) is 8.60. The molecule has 2 fully saturated rings. The molecule has 0 spiro atoms. The van der Waals surface area contributed by atoms with Crippen LogP contribution in [0, 0.1) is 5.92 Å². The van der Waals surface area contributed by atoms with Crippen molar-refractivity contribution in [3.05, 3.63) is 0 Å². The SMILES string of the molecule is CC1(C2CC2)NC(=O)N(CC(F)(F)F)C1=O. The minimum atomic E-state index is -4.55. The Morgan fingerprint density at radius 2 is 2.00 bits per heavy atom. The first-order valence-corrected chi connectivity index (χ1v) is 4.95. The molecule has 0 aromatic carbocycles. The van der Waals surface area contributed by atoms with Crippen LogP contribution in [-0.2, 0) is 4.79 Å². The Bertz CT molecular complexity index is 351. The van der Waals surface area contributed by atoms with Gasteiger partial charge in [-0.1, -0.05) is 0 Å². The molecule has 7 heteroatoms. The lowest BCUT2D eigenvalue weighted by molar-refractivity contribution is -0.155. The fraction of sp³-hybridized carbons (Fsp3) is 0.778. The van der Waals surface area contributed by atoms with Crippen LogP contribution < -0.4 is 5.32 Å². The Morgan fingerprint density at radius 3 is 2.44 bits per heavy atom. The molecule has 2 aliphatic rings. The van der Waals surface area contributed by atoms with Crippen molar-refractivity contribution >= 4 is 11.9 Å². The van der Waals surface area contributed by atoms with Crippen molar-refractivity contribution in [2.24, 2.45) is 5.92 Å². The van der Waals surface area contributed by atoms with Gasteiger partial charge in [-0.3, -0.25) is 9.69 Å². The maximum absolute atomic E-state index is 12.1. The molecule has 0 aromatic heterocycles. The van der Waals surface area contributed by atoms with E-state index in [2.05, 4.69) is 5.32 Å². The Morgan fingerprint density at radius 1 is 1.44 bits per heavy atom. The lowest BCUT2D eigenvalue weighted by Crippen LogP contribution is -2.46. The van der Waals surface area contributed by atoms with Gasteiger partial charge in [0.2, 0.25) is 0 Å². The Hall–Kier alpha value is -1.27. The summed E-state index contributed by atoms with van der Waals surface area (Å²) in [5.74, 6) is -0.792. The highest BCUT2D eigenvalue weighted by molar-refractivity contribution is 6.07. The van der Waals surface area contributed by atoms with E-state index in [-0.39, 0.29) is 10.8 Å². The van der Waals surface area contributed by atoms with Gasteiger partial charge in [0.25, 0.3) is 5.91 Å². The molecule has 1 saturated carbocycles. The third-order valence-corrected chi connectivity index (χ3v) is 3.03. The molecule has 0 radical (unpaired) electrons. The first-order chi connectivity index (χ1) is 7.24. The van der Waals surface area contributed by atoms with Crippen LogP contribution in [0.3, 0.4) is 0 Å². The second kappa shape index (κ2) is 3.11. The molecule has 1 aliphatic heterocycles. The van der Waals surface area contributed by atoms with E-state index < -0.39 is 30.2 Å². The molecule has 1 heterocycles. The highest BCUT2D eigenvalue weighted by atomic mass is 19.4. The summed E-state index contributed by atoms with van der Waals surface area (Å²) in [6.45, 7) is -0.0265. The number of hydrogen-bond donors (Lipinski definition) is 1. The number of nitrogens with one attached hydrogen (secondary N) is 1. The lowest BCUT2D eigenvalue weighted by Gasteiger charge is -2.21. The number of hydrogen-bond acceptors (Lipinski definition) is 2. The fourth-order valence-electron chi connectivity index (χ4n) is 1.98. The van der Waals surface area contributed by atoms with E-state index in [1.807, 2.05) is 0 Å². The maximum atomic E-state index is 12.1. The van der Waals surface area contributed by atoms with Gasteiger partial charge in [-0.25, -0.2) is 4.79 Å². The zero-order chi connectivity index (χ0) is 12.1. The van der Waals surface area contributed by atoms with Crippen LogP contribution in [0.25, 0.3) is 0 Å². The van der Waals surface area contributed by atoms with Crippen molar-refractivity contribution in [3.8, 4) is 0 Å². The predicted octanol–water partition coefficient (Wildman–Crippen LogP) is 1.27. The zero-order valence-corrected chi connectivity index (χ0v) is 8.60. The van der Waals surface area contributed by atoms with Crippen LogP contribution in [0.1, 0.15) is 19.8 Å². The highest BCUT2D eigenvalue weighted by Gasteiger charge is 2.57. The number of carbonyl (C=O) groups is 2. The molecule has 0 bridgehead atoms. The van der Waals surface area contributed by atoms with Crippen molar-refractivity contribution in [1.82, 2.24) is 10.2 Å². The number of amides is 3. The molecule has 4 nitrogen and oxygen atoms in total. The smallest absolute Gasteiger partial charge is 0.323 e. The molecule has 1 saturated heterocycles. The molecular weight excluding hydrogens is 225 g/mol. The molecule has 1 unspecified atom stereocenters. The van der Waals surface area contributed by atoms with Gasteiger partial charge in [0.05, 0.1) is 0 Å². The van der Waals surface area contributed by atoms with Crippen LogP contribution in [-0.4, -0.2) is 35.1 Å². The summed E-state index contributed by atoms with van der Waals surface area (Å²) in [4.78, 5) is 23.3. The summed E-state index contributed by atoms with van der Waals surface area (Å²) < 4.78 is 36.4. The summed E-state index contributed by atoms with van der Waals surface area (Å²) in [6.07, 6.45) is -3.02. The van der Waals surface area contributed by atoms with E-state index in [9.17, 15) is 22.8 Å². The second-order valence-electron chi connectivity index (χ2n) is 4.41. The summed E-state index contributed by atoms with van der Waals surface area (Å²) >= 11 is 0. The molecule has 0 aromatic rings. The largest absolute Gasteiger partial charge is 0.406 e. The van der Waals surface area contributed by atoms with Gasteiger partial charge in [-0.05, 0) is 25.7 Å². The molecule has 2 rings (SSSR count). The summed E-state index contributed by atoms with van der Waals surface area (Å²) in [5, 5.41) is 2.35. The average molecular weight is 236 g/mol. The Balaban J connectivity index is 2.16. The van der Waals surface area contributed by atoms with E-state index in [4.69, 9.17) is 0 Å². The third-order valence-electron chi connectivity index (χ3n) is 3.03. The maximum Gasteiger partial charge on any atom is 0.406 e. The van der Waals surface area contributed by atoms with Crippen LogP contribution in [0.15, 0.2) is 0 Å². The molecule has 16 heavy (non-hydrogen) atoms. The second-order valence-corrected chi connectivity index (χ2v) is 4.41. The minimum absolute atomic E-state index is 0.0258. The normalized spacial score (nSPS) is 30.9. The van der Waals surface area contributed by atoms with Gasteiger partial charge >= 0.3 is 12.2 Å². The summed E-state index contributed by atoms with van der Waals surface area (Å²) in [7, 11) is 0. The number of urea groups is 1. The number of imide groups is 1. The van der Waals surface area contributed by atoms with Crippen molar-refractivity contribution in [3.63, 3.8) is 0 Å². The van der Waals surface area contributed by atoms with E-state index in [1.54, 1.807) is 0 Å². The van der Waals surface area contributed by atoms with Gasteiger partial charge in [-0.15, -0.1) is 0 Å². The van der Waals surface area contributed by atoms with Gasteiger partial charge in [-0.2, -0.15) is 13.2 Å². The molecule has 1 aliphatic carbocycles. The van der Waals surface area contributed by atoms with Crippen LogP contribution in [0.4, 0.5) is 18.0 Å². The molecule has 1 atom stereocenters.